The number of benzene rings is 1. The summed E-state index contributed by atoms with van der Waals surface area (Å²) in [4.78, 5) is 11.9. The predicted molar refractivity (Wildman–Crippen MR) is 83.3 cm³/mol. The van der Waals surface area contributed by atoms with Crippen molar-refractivity contribution in [3.05, 3.63) is 24.3 Å². The van der Waals surface area contributed by atoms with E-state index >= 15 is 0 Å². The van der Waals surface area contributed by atoms with E-state index in [1.54, 1.807) is 24.3 Å². The number of rotatable bonds is 7. The highest BCUT2D eigenvalue weighted by molar-refractivity contribution is 5.89. The second-order valence-corrected chi connectivity index (χ2v) is 4.98. The molecule has 5 heteroatoms. The maximum Gasteiger partial charge on any atom is 0.319 e. The molecule has 0 aliphatic rings. The second kappa shape index (κ2) is 8.88. The Labute approximate surface area is 125 Å². The molecule has 21 heavy (non-hydrogen) atoms. The highest BCUT2D eigenvalue weighted by atomic mass is 16.5. The zero-order valence-corrected chi connectivity index (χ0v) is 12.4. The van der Waals surface area contributed by atoms with E-state index in [9.17, 15) is 4.79 Å². The van der Waals surface area contributed by atoms with Crippen molar-refractivity contribution >= 4 is 11.7 Å². The van der Waals surface area contributed by atoms with E-state index < -0.39 is 0 Å². The summed E-state index contributed by atoms with van der Waals surface area (Å²) in [5.74, 6) is 3.29. The smallest absolute Gasteiger partial charge is 0.319 e. The maximum absolute atomic E-state index is 11.9. The van der Waals surface area contributed by atoms with Crippen LogP contribution in [0.15, 0.2) is 24.3 Å². The first kappa shape index (κ1) is 16.9. The van der Waals surface area contributed by atoms with Crippen molar-refractivity contribution in [3.63, 3.8) is 0 Å². The van der Waals surface area contributed by atoms with E-state index in [1.165, 1.54) is 0 Å². The highest BCUT2D eigenvalue weighted by Gasteiger charge is 2.15. The number of aliphatic hydroxyl groups is 1. The Morgan fingerprint density at radius 3 is 2.57 bits per heavy atom. The standard InChI is InChI=1S/C16H22N2O3/c1-4-11-21-14-7-5-13(6-8-14)17-16(20)18-15(9-10-19)12(2)3/h1,5-8,12,15,19H,9-11H2,2-3H3,(H2,17,18,20)/t15-/m1/s1. The molecular formula is C16H22N2O3. The van der Waals surface area contributed by atoms with Crippen LogP contribution in [0.2, 0.25) is 0 Å². The highest BCUT2D eigenvalue weighted by Crippen LogP contribution is 2.15. The minimum absolute atomic E-state index is 0.0460. The average molecular weight is 290 g/mol. The lowest BCUT2D eigenvalue weighted by molar-refractivity contribution is 0.227. The molecule has 0 radical (unpaired) electrons. The van der Waals surface area contributed by atoms with Crippen LogP contribution in [0.25, 0.3) is 0 Å². The van der Waals surface area contributed by atoms with Crippen LogP contribution in [0.3, 0.4) is 0 Å². The number of ether oxygens (including phenoxy) is 1. The lowest BCUT2D eigenvalue weighted by Crippen LogP contribution is -2.41. The number of carbonyl (C=O) groups is 1. The third-order valence-electron chi connectivity index (χ3n) is 3.00. The summed E-state index contributed by atoms with van der Waals surface area (Å²) >= 11 is 0. The first-order valence-electron chi connectivity index (χ1n) is 6.91. The van der Waals surface area contributed by atoms with Crippen LogP contribution in [0.1, 0.15) is 20.3 Å². The number of nitrogens with one attached hydrogen (secondary N) is 2. The van der Waals surface area contributed by atoms with E-state index in [2.05, 4.69) is 16.6 Å². The summed E-state index contributed by atoms with van der Waals surface area (Å²) < 4.78 is 5.25. The quantitative estimate of drug-likeness (QED) is 0.674. The predicted octanol–water partition coefficient (Wildman–Crippen LogP) is 2.23. The van der Waals surface area contributed by atoms with E-state index in [0.717, 1.165) is 0 Å². The molecule has 0 aromatic heterocycles. The second-order valence-electron chi connectivity index (χ2n) is 4.98. The summed E-state index contributed by atoms with van der Waals surface area (Å²) in [6, 6.07) is 6.60. The van der Waals surface area contributed by atoms with Gasteiger partial charge in [-0.1, -0.05) is 19.8 Å². The van der Waals surface area contributed by atoms with Gasteiger partial charge in [0, 0.05) is 18.3 Å². The van der Waals surface area contributed by atoms with Crippen LogP contribution in [0.5, 0.6) is 5.75 Å². The SMILES string of the molecule is C#CCOc1ccc(NC(=O)N[C@H](CCO)C(C)C)cc1. The summed E-state index contributed by atoms with van der Waals surface area (Å²) in [6.07, 6.45) is 5.64. The molecule has 0 fully saturated rings. The van der Waals surface area contributed by atoms with Crippen LogP contribution < -0.4 is 15.4 Å². The van der Waals surface area contributed by atoms with Crippen molar-refractivity contribution in [3.8, 4) is 18.1 Å². The Morgan fingerprint density at radius 1 is 1.38 bits per heavy atom. The minimum Gasteiger partial charge on any atom is -0.481 e. The van der Waals surface area contributed by atoms with E-state index in [4.69, 9.17) is 16.3 Å². The summed E-state index contributed by atoms with van der Waals surface area (Å²) in [5, 5.41) is 14.6. The lowest BCUT2D eigenvalue weighted by Gasteiger charge is -2.21. The summed E-state index contributed by atoms with van der Waals surface area (Å²) in [7, 11) is 0. The monoisotopic (exact) mass is 290 g/mol. The number of aliphatic hydroxyl groups excluding tert-OH is 1. The van der Waals surface area contributed by atoms with Crippen LogP contribution in [-0.2, 0) is 0 Å². The maximum atomic E-state index is 11.9. The van der Waals surface area contributed by atoms with Gasteiger partial charge in [0.25, 0.3) is 0 Å². The fourth-order valence-electron chi connectivity index (χ4n) is 1.81. The molecule has 1 rings (SSSR count). The first-order valence-corrected chi connectivity index (χ1v) is 6.91. The number of hydrogen-bond donors (Lipinski definition) is 3. The van der Waals surface area contributed by atoms with Gasteiger partial charge < -0.3 is 20.5 Å². The molecule has 0 heterocycles. The minimum atomic E-state index is -0.292. The van der Waals surface area contributed by atoms with Crippen LogP contribution in [0, 0.1) is 18.3 Å². The van der Waals surface area contributed by atoms with E-state index in [0.29, 0.717) is 17.9 Å². The zero-order chi connectivity index (χ0) is 15.7. The van der Waals surface area contributed by atoms with E-state index in [1.807, 2.05) is 13.8 Å². The Bertz CT molecular complexity index is 477. The van der Waals surface area contributed by atoms with Crippen molar-refractivity contribution in [1.82, 2.24) is 5.32 Å². The molecule has 0 spiro atoms. The molecule has 0 unspecified atom stereocenters. The topological polar surface area (TPSA) is 70.6 Å². The van der Waals surface area contributed by atoms with Crippen molar-refractivity contribution < 1.29 is 14.6 Å². The van der Waals surface area contributed by atoms with Gasteiger partial charge in [0.15, 0.2) is 0 Å². The third-order valence-corrected chi connectivity index (χ3v) is 3.00. The van der Waals surface area contributed by atoms with Crippen molar-refractivity contribution in [1.29, 1.82) is 0 Å². The largest absolute Gasteiger partial charge is 0.481 e. The van der Waals surface area contributed by atoms with Crippen LogP contribution >= 0.6 is 0 Å². The molecule has 0 aliphatic carbocycles. The van der Waals surface area contributed by atoms with Gasteiger partial charge >= 0.3 is 6.03 Å². The molecule has 0 saturated carbocycles. The summed E-state index contributed by atoms with van der Waals surface area (Å²) in [5.41, 5.74) is 0.659. The van der Waals surface area contributed by atoms with Gasteiger partial charge in [-0.05, 0) is 36.6 Å². The Morgan fingerprint density at radius 2 is 2.05 bits per heavy atom. The number of hydrogen-bond acceptors (Lipinski definition) is 3. The Kier molecular flexibility index (Phi) is 7.13. The fraction of sp³-hybridized carbons (Fsp3) is 0.438. The average Bonchev–Trinajstić information content (AvgIpc) is 2.46. The molecule has 0 aliphatic heterocycles. The Balaban J connectivity index is 2.52. The van der Waals surface area contributed by atoms with Gasteiger partial charge in [-0.25, -0.2) is 4.79 Å². The molecule has 5 nitrogen and oxygen atoms in total. The fourth-order valence-corrected chi connectivity index (χ4v) is 1.81. The molecule has 3 N–H and O–H groups in total. The van der Waals surface area contributed by atoms with Gasteiger partial charge in [0.2, 0.25) is 0 Å². The lowest BCUT2D eigenvalue weighted by atomic mass is 10.0. The zero-order valence-electron chi connectivity index (χ0n) is 12.4. The molecule has 1 atom stereocenters. The normalized spacial score (nSPS) is 11.6. The van der Waals surface area contributed by atoms with Gasteiger partial charge in [-0.2, -0.15) is 0 Å². The van der Waals surface area contributed by atoms with Crippen molar-refractivity contribution in [2.45, 2.75) is 26.3 Å². The number of carbonyl (C=O) groups excluding carboxylic acids is 1. The van der Waals surface area contributed by atoms with Gasteiger partial charge in [-0.3, -0.25) is 0 Å². The molecule has 114 valence electrons. The molecule has 0 saturated heterocycles. The van der Waals surface area contributed by atoms with Crippen molar-refractivity contribution in [2.75, 3.05) is 18.5 Å². The van der Waals surface area contributed by atoms with Crippen LogP contribution in [-0.4, -0.2) is 30.4 Å². The third kappa shape index (κ3) is 6.19. The van der Waals surface area contributed by atoms with E-state index in [-0.39, 0.29) is 31.2 Å². The van der Waals surface area contributed by atoms with Crippen molar-refractivity contribution in [2.24, 2.45) is 5.92 Å². The molecule has 0 bridgehead atoms. The molecule has 1 aromatic rings. The van der Waals surface area contributed by atoms with Gasteiger partial charge in [0.1, 0.15) is 12.4 Å². The van der Waals surface area contributed by atoms with Gasteiger partial charge in [0.05, 0.1) is 0 Å². The van der Waals surface area contributed by atoms with Crippen LogP contribution in [0.4, 0.5) is 10.5 Å². The number of amides is 2. The molecule has 2 amide bonds. The number of anilines is 1. The van der Waals surface area contributed by atoms with Gasteiger partial charge in [-0.15, -0.1) is 6.42 Å². The number of terminal acetylenes is 1. The summed E-state index contributed by atoms with van der Waals surface area (Å²) in [6.45, 7) is 4.26. The first-order chi connectivity index (χ1) is 10.1. The molecular weight excluding hydrogens is 268 g/mol. The number of urea groups is 1. The molecule has 1 aromatic carbocycles. The Hall–Kier alpha value is -2.19.